The molecule has 3 heterocycles. The number of thiazole rings is 1. The van der Waals surface area contributed by atoms with Crippen molar-refractivity contribution in [3.63, 3.8) is 0 Å². The second-order valence-corrected chi connectivity index (χ2v) is 12.8. The van der Waals surface area contributed by atoms with Crippen molar-refractivity contribution in [3.05, 3.63) is 88.9 Å². The Labute approximate surface area is 235 Å². The van der Waals surface area contributed by atoms with Crippen LogP contribution in [0.5, 0.6) is 5.75 Å². The molecule has 1 aromatic heterocycles. The third-order valence-corrected chi connectivity index (χ3v) is 9.85. The van der Waals surface area contributed by atoms with Gasteiger partial charge in [0.1, 0.15) is 16.9 Å². The van der Waals surface area contributed by atoms with Crippen LogP contribution in [0.3, 0.4) is 0 Å². The zero-order chi connectivity index (χ0) is 27.9. The minimum atomic E-state index is -3.93. The number of likely N-dealkylation sites (N-methyl/N-ethyl adjacent to an activating group) is 1. The van der Waals surface area contributed by atoms with Gasteiger partial charge in [0.15, 0.2) is 0 Å². The molecule has 1 fully saturated rings. The number of aromatic nitrogens is 1. The average molecular weight is 575 g/mol. The molecule has 0 radical (unpaired) electrons. The van der Waals surface area contributed by atoms with Gasteiger partial charge in [-0.25, -0.2) is 13.4 Å². The molecule has 0 saturated carbocycles. The highest BCUT2D eigenvalue weighted by Crippen LogP contribution is 2.34. The summed E-state index contributed by atoms with van der Waals surface area (Å²) in [6, 6.07) is 18.1. The van der Waals surface area contributed by atoms with Gasteiger partial charge in [0.05, 0.1) is 27.6 Å². The highest BCUT2D eigenvalue weighted by Gasteiger charge is 2.31. The van der Waals surface area contributed by atoms with Gasteiger partial charge in [0.25, 0.3) is 11.8 Å². The summed E-state index contributed by atoms with van der Waals surface area (Å²) in [5.74, 6) is -0.106. The second kappa shape index (κ2) is 10.5. The van der Waals surface area contributed by atoms with E-state index < -0.39 is 21.7 Å². The van der Waals surface area contributed by atoms with Crippen LogP contribution in [0, 0.1) is 0 Å². The lowest BCUT2D eigenvalue weighted by Gasteiger charge is -2.13. The summed E-state index contributed by atoms with van der Waals surface area (Å²) < 4.78 is 32.4. The molecule has 2 N–H and O–H groups in total. The molecule has 40 heavy (non-hydrogen) atoms. The van der Waals surface area contributed by atoms with E-state index in [-0.39, 0.29) is 39.3 Å². The lowest BCUT2D eigenvalue weighted by atomic mass is 10.1. The van der Waals surface area contributed by atoms with E-state index in [9.17, 15) is 18.0 Å². The SMILES string of the molecule is CN1CC[C@H](Oc2ccc(-c3ncc(CNC(=O)c4ccc5c(c4)NC(=O)c4ccccc4S5(=O)=O)s3)cc2)C1. The van der Waals surface area contributed by atoms with Crippen LogP contribution >= 0.6 is 11.3 Å². The van der Waals surface area contributed by atoms with Crippen LogP contribution in [-0.4, -0.2) is 56.4 Å². The number of sulfone groups is 1. The minimum Gasteiger partial charge on any atom is -0.489 e. The van der Waals surface area contributed by atoms with E-state index in [0.29, 0.717) is 0 Å². The summed E-state index contributed by atoms with van der Waals surface area (Å²) in [6.45, 7) is 2.22. The first-order chi connectivity index (χ1) is 19.3. The Bertz CT molecular complexity index is 1720. The third kappa shape index (κ3) is 5.10. The number of ether oxygens (including phenoxy) is 1. The zero-order valence-corrected chi connectivity index (χ0v) is 23.2. The number of nitrogens with one attached hydrogen (secondary N) is 2. The number of carbonyl (C=O) groups excluding carboxylic acids is 2. The fourth-order valence-corrected chi connectivity index (χ4v) is 7.30. The topological polar surface area (TPSA) is 118 Å². The second-order valence-electron chi connectivity index (χ2n) is 9.79. The Balaban J connectivity index is 1.12. The van der Waals surface area contributed by atoms with Crippen LogP contribution in [0.1, 0.15) is 32.0 Å². The monoisotopic (exact) mass is 574 g/mol. The fraction of sp³-hybridized carbons (Fsp3) is 0.207. The Morgan fingerprint density at radius 2 is 1.93 bits per heavy atom. The van der Waals surface area contributed by atoms with Crippen molar-refractivity contribution in [2.75, 3.05) is 25.5 Å². The maximum atomic E-state index is 13.2. The summed E-state index contributed by atoms with van der Waals surface area (Å²) in [6.07, 6.45) is 2.95. The van der Waals surface area contributed by atoms with E-state index in [1.807, 2.05) is 24.3 Å². The Hall–Kier alpha value is -4.06. The van der Waals surface area contributed by atoms with Gasteiger partial charge in [-0.1, -0.05) is 12.1 Å². The van der Waals surface area contributed by atoms with Crippen molar-refractivity contribution in [2.24, 2.45) is 0 Å². The maximum Gasteiger partial charge on any atom is 0.257 e. The van der Waals surface area contributed by atoms with Gasteiger partial charge in [-0.15, -0.1) is 11.3 Å². The first-order valence-corrected chi connectivity index (χ1v) is 15.1. The van der Waals surface area contributed by atoms with Crippen LogP contribution in [0.25, 0.3) is 10.6 Å². The number of hydrogen-bond acceptors (Lipinski definition) is 8. The normalized spacial score (nSPS) is 17.8. The molecule has 4 aromatic rings. The van der Waals surface area contributed by atoms with Gasteiger partial charge >= 0.3 is 0 Å². The standard InChI is InChI=1S/C29H26N4O5S2/c1-33-13-12-21(17-33)38-20-9-6-18(7-10-20)29-31-16-22(39-29)15-30-27(34)19-8-11-26-24(14-19)32-28(35)23-4-2-3-5-25(23)40(26,36)37/h2-11,14,16,21H,12-13,15,17H2,1H3,(H,30,34)(H,32,35)/t21-/m0/s1. The first kappa shape index (κ1) is 26.2. The van der Waals surface area contributed by atoms with Gasteiger partial charge in [-0.2, -0.15) is 0 Å². The van der Waals surface area contributed by atoms with Crippen LogP contribution < -0.4 is 15.4 Å². The van der Waals surface area contributed by atoms with Crippen molar-refractivity contribution in [3.8, 4) is 16.3 Å². The number of rotatable bonds is 6. The molecule has 2 aliphatic rings. The Kier molecular flexibility index (Phi) is 6.87. The van der Waals surface area contributed by atoms with Gasteiger partial charge in [-0.3, -0.25) is 9.59 Å². The number of carbonyl (C=O) groups is 2. The van der Waals surface area contributed by atoms with Crippen molar-refractivity contribution < 1.29 is 22.7 Å². The fourth-order valence-electron chi connectivity index (χ4n) is 4.85. The molecule has 2 aliphatic heterocycles. The van der Waals surface area contributed by atoms with Crippen molar-refractivity contribution in [1.29, 1.82) is 0 Å². The smallest absolute Gasteiger partial charge is 0.257 e. The van der Waals surface area contributed by atoms with E-state index in [2.05, 4.69) is 27.6 Å². The van der Waals surface area contributed by atoms with Crippen LogP contribution in [0.4, 0.5) is 5.69 Å². The van der Waals surface area contributed by atoms with Crippen molar-refractivity contribution in [1.82, 2.24) is 15.2 Å². The van der Waals surface area contributed by atoms with Gasteiger partial charge < -0.3 is 20.3 Å². The van der Waals surface area contributed by atoms with E-state index in [1.54, 1.807) is 18.3 Å². The van der Waals surface area contributed by atoms with Gasteiger partial charge in [-0.05, 0) is 68.1 Å². The van der Waals surface area contributed by atoms with Crippen molar-refractivity contribution in [2.45, 2.75) is 28.9 Å². The van der Waals surface area contributed by atoms with Gasteiger partial charge in [0.2, 0.25) is 9.84 Å². The maximum absolute atomic E-state index is 13.2. The molecule has 0 bridgehead atoms. The molecule has 9 nitrogen and oxygen atoms in total. The minimum absolute atomic E-state index is 0.0542. The molecule has 0 spiro atoms. The lowest BCUT2D eigenvalue weighted by Crippen LogP contribution is -2.22. The molecule has 1 saturated heterocycles. The first-order valence-electron chi connectivity index (χ1n) is 12.8. The lowest BCUT2D eigenvalue weighted by molar-refractivity contribution is 0.0949. The summed E-state index contributed by atoms with van der Waals surface area (Å²) in [4.78, 5) is 33.1. The molecule has 0 unspecified atom stereocenters. The van der Waals surface area contributed by atoms with Crippen LogP contribution in [0.15, 0.2) is 82.7 Å². The predicted octanol–water partition coefficient (Wildman–Crippen LogP) is 4.22. The number of likely N-dealkylation sites (tertiary alicyclic amines) is 1. The molecular weight excluding hydrogens is 548 g/mol. The molecule has 2 amide bonds. The molecule has 6 rings (SSSR count). The highest BCUT2D eigenvalue weighted by molar-refractivity contribution is 7.91. The zero-order valence-electron chi connectivity index (χ0n) is 21.6. The molecule has 3 aromatic carbocycles. The summed E-state index contributed by atoms with van der Waals surface area (Å²) in [5, 5.41) is 6.31. The summed E-state index contributed by atoms with van der Waals surface area (Å²) in [5.41, 5.74) is 1.33. The van der Waals surface area contributed by atoms with Crippen molar-refractivity contribution >= 4 is 38.7 Å². The van der Waals surface area contributed by atoms with E-state index in [0.717, 1.165) is 40.7 Å². The van der Waals surface area contributed by atoms with Crippen LogP contribution in [0.2, 0.25) is 0 Å². The number of anilines is 1. The molecule has 11 heteroatoms. The number of nitrogens with zero attached hydrogens (tertiary/aromatic N) is 2. The number of amides is 2. The predicted molar refractivity (Wildman–Crippen MR) is 152 cm³/mol. The van der Waals surface area contributed by atoms with Gasteiger partial charge in [0, 0.05) is 35.3 Å². The summed E-state index contributed by atoms with van der Waals surface area (Å²) >= 11 is 1.47. The Morgan fingerprint density at radius 3 is 2.70 bits per heavy atom. The number of hydrogen-bond donors (Lipinski definition) is 2. The molecule has 204 valence electrons. The quantitative estimate of drug-likeness (QED) is 0.354. The number of benzene rings is 3. The highest BCUT2D eigenvalue weighted by atomic mass is 32.2. The third-order valence-electron chi connectivity index (χ3n) is 6.93. The molecule has 1 atom stereocenters. The number of fused-ring (bicyclic) bond motifs is 2. The summed E-state index contributed by atoms with van der Waals surface area (Å²) in [7, 11) is -1.84. The van der Waals surface area contributed by atoms with E-state index in [4.69, 9.17) is 4.74 Å². The Morgan fingerprint density at radius 1 is 1.12 bits per heavy atom. The largest absolute Gasteiger partial charge is 0.489 e. The average Bonchev–Trinajstić information content (AvgIpc) is 3.59. The molecular formula is C29H26N4O5S2. The molecule has 0 aliphatic carbocycles. The van der Waals surface area contributed by atoms with E-state index in [1.165, 1.54) is 41.7 Å². The van der Waals surface area contributed by atoms with Crippen LogP contribution in [-0.2, 0) is 16.4 Å². The van der Waals surface area contributed by atoms with E-state index >= 15 is 0 Å².